The van der Waals surface area contributed by atoms with Crippen molar-refractivity contribution >= 4 is 11.9 Å². The first-order valence-electron chi connectivity index (χ1n) is 6.47. The van der Waals surface area contributed by atoms with Gasteiger partial charge in [0.15, 0.2) is 0 Å². The van der Waals surface area contributed by atoms with E-state index in [4.69, 9.17) is 5.11 Å². The van der Waals surface area contributed by atoms with Crippen LogP contribution in [-0.4, -0.2) is 33.3 Å². The van der Waals surface area contributed by atoms with E-state index in [1.165, 1.54) is 0 Å². The number of rotatable bonds is 7. The van der Waals surface area contributed by atoms with Crippen LogP contribution in [0.15, 0.2) is 6.20 Å². The molecule has 0 saturated heterocycles. The summed E-state index contributed by atoms with van der Waals surface area (Å²) in [5, 5.41) is 15.5. The van der Waals surface area contributed by atoms with Crippen molar-refractivity contribution in [2.45, 2.75) is 46.1 Å². The molecule has 0 fully saturated rings. The summed E-state index contributed by atoms with van der Waals surface area (Å²) in [6, 6.07) is 0.220. The van der Waals surface area contributed by atoms with Gasteiger partial charge in [0.2, 0.25) is 0 Å². The molecule has 0 radical (unpaired) electrons. The Morgan fingerprint density at radius 2 is 2.11 bits per heavy atom. The zero-order valence-corrected chi connectivity index (χ0v) is 11.6. The van der Waals surface area contributed by atoms with Crippen molar-refractivity contribution in [1.82, 2.24) is 15.1 Å². The second-order valence-corrected chi connectivity index (χ2v) is 4.79. The van der Waals surface area contributed by atoms with E-state index in [2.05, 4.69) is 10.4 Å². The van der Waals surface area contributed by atoms with E-state index in [1.807, 2.05) is 20.8 Å². The lowest BCUT2D eigenvalue weighted by molar-refractivity contribution is -0.137. The van der Waals surface area contributed by atoms with Crippen LogP contribution in [0.1, 0.15) is 55.2 Å². The van der Waals surface area contributed by atoms with E-state index in [0.717, 1.165) is 5.69 Å². The molecule has 0 aliphatic carbocycles. The standard InChI is InChI=1S/C13H21N3O3/c1-9(2)16-10(3)11(8-15-16)13(19)14-7-5-4-6-12(17)18/h8-9H,4-7H2,1-3H3,(H,14,19)(H,17,18). The molecular formula is C13H21N3O3. The number of carboxylic acids is 1. The van der Waals surface area contributed by atoms with Gasteiger partial charge in [-0.3, -0.25) is 14.3 Å². The fourth-order valence-corrected chi connectivity index (χ4v) is 1.87. The van der Waals surface area contributed by atoms with Crippen LogP contribution in [0.25, 0.3) is 0 Å². The van der Waals surface area contributed by atoms with Gasteiger partial charge in [-0.15, -0.1) is 0 Å². The molecule has 0 atom stereocenters. The van der Waals surface area contributed by atoms with Gasteiger partial charge in [-0.05, 0) is 33.6 Å². The monoisotopic (exact) mass is 267 g/mol. The highest BCUT2D eigenvalue weighted by Gasteiger charge is 2.14. The maximum Gasteiger partial charge on any atom is 0.303 e. The normalized spacial score (nSPS) is 10.7. The molecule has 0 bridgehead atoms. The number of carbonyl (C=O) groups excluding carboxylic acids is 1. The van der Waals surface area contributed by atoms with Gasteiger partial charge in [0.05, 0.1) is 11.8 Å². The van der Waals surface area contributed by atoms with Crippen LogP contribution in [-0.2, 0) is 4.79 Å². The van der Waals surface area contributed by atoms with Gasteiger partial charge in [-0.25, -0.2) is 0 Å². The zero-order valence-electron chi connectivity index (χ0n) is 11.6. The van der Waals surface area contributed by atoms with Crippen LogP contribution in [0.3, 0.4) is 0 Å². The second-order valence-electron chi connectivity index (χ2n) is 4.79. The van der Waals surface area contributed by atoms with Crippen molar-refractivity contribution in [2.24, 2.45) is 0 Å². The van der Waals surface area contributed by atoms with Crippen LogP contribution < -0.4 is 5.32 Å². The third-order valence-electron chi connectivity index (χ3n) is 2.88. The van der Waals surface area contributed by atoms with Crippen LogP contribution in [0.2, 0.25) is 0 Å². The molecule has 1 aromatic rings. The maximum absolute atomic E-state index is 11.9. The molecule has 0 unspecified atom stereocenters. The molecule has 6 heteroatoms. The van der Waals surface area contributed by atoms with Crippen molar-refractivity contribution in [1.29, 1.82) is 0 Å². The molecule has 2 N–H and O–H groups in total. The van der Waals surface area contributed by atoms with Crippen LogP contribution >= 0.6 is 0 Å². The highest BCUT2D eigenvalue weighted by molar-refractivity contribution is 5.95. The summed E-state index contributed by atoms with van der Waals surface area (Å²) in [5.74, 6) is -0.958. The minimum absolute atomic E-state index is 0.139. The number of hydrogen-bond acceptors (Lipinski definition) is 3. The Balaban J connectivity index is 2.44. The van der Waals surface area contributed by atoms with Gasteiger partial charge in [-0.1, -0.05) is 0 Å². The molecule has 1 rings (SSSR count). The van der Waals surface area contributed by atoms with Crippen molar-refractivity contribution in [3.05, 3.63) is 17.5 Å². The number of aromatic nitrogens is 2. The molecule has 19 heavy (non-hydrogen) atoms. The highest BCUT2D eigenvalue weighted by atomic mass is 16.4. The predicted octanol–water partition coefficient (Wildman–Crippen LogP) is 1.76. The molecule has 106 valence electrons. The number of nitrogens with zero attached hydrogens (tertiary/aromatic N) is 2. The fraction of sp³-hybridized carbons (Fsp3) is 0.615. The molecule has 1 heterocycles. The van der Waals surface area contributed by atoms with Crippen molar-refractivity contribution in [3.63, 3.8) is 0 Å². The third kappa shape index (κ3) is 4.39. The third-order valence-corrected chi connectivity index (χ3v) is 2.88. The average Bonchev–Trinajstić information content (AvgIpc) is 2.70. The first kappa shape index (κ1) is 15.2. The SMILES string of the molecule is Cc1c(C(=O)NCCCCC(=O)O)cnn1C(C)C. The van der Waals surface area contributed by atoms with Crippen LogP contribution in [0.4, 0.5) is 0 Å². The maximum atomic E-state index is 11.9. The fourth-order valence-electron chi connectivity index (χ4n) is 1.87. The molecule has 1 amide bonds. The molecule has 0 aromatic carbocycles. The van der Waals surface area contributed by atoms with E-state index in [0.29, 0.717) is 24.9 Å². The number of carboxylic acid groups (broad SMARTS) is 1. The van der Waals surface area contributed by atoms with Crippen LogP contribution in [0.5, 0.6) is 0 Å². The van der Waals surface area contributed by atoms with E-state index in [-0.39, 0.29) is 18.4 Å². The zero-order chi connectivity index (χ0) is 14.4. The number of nitrogens with one attached hydrogen (secondary N) is 1. The second kappa shape index (κ2) is 6.92. The average molecular weight is 267 g/mol. The summed E-state index contributed by atoms with van der Waals surface area (Å²) in [6.07, 6.45) is 2.94. The van der Waals surface area contributed by atoms with E-state index < -0.39 is 5.97 Å². The molecule has 0 spiro atoms. The highest BCUT2D eigenvalue weighted by Crippen LogP contribution is 2.12. The summed E-state index contributed by atoms with van der Waals surface area (Å²) >= 11 is 0. The summed E-state index contributed by atoms with van der Waals surface area (Å²) < 4.78 is 1.80. The van der Waals surface area contributed by atoms with Gasteiger partial charge < -0.3 is 10.4 Å². The molecule has 1 aromatic heterocycles. The number of amides is 1. The number of aliphatic carboxylic acids is 1. The van der Waals surface area contributed by atoms with Crippen molar-refractivity contribution < 1.29 is 14.7 Å². The molecule has 0 aliphatic heterocycles. The van der Waals surface area contributed by atoms with Gasteiger partial charge in [-0.2, -0.15) is 5.10 Å². The molecule has 6 nitrogen and oxygen atoms in total. The Labute approximate surface area is 112 Å². The van der Waals surface area contributed by atoms with E-state index in [1.54, 1.807) is 10.9 Å². The summed E-state index contributed by atoms with van der Waals surface area (Å²) in [6.45, 7) is 6.37. The largest absolute Gasteiger partial charge is 0.481 e. The molecule has 0 saturated carbocycles. The van der Waals surface area contributed by atoms with E-state index >= 15 is 0 Å². The molecular weight excluding hydrogens is 246 g/mol. The van der Waals surface area contributed by atoms with Gasteiger partial charge >= 0.3 is 5.97 Å². The summed E-state index contributed by atoms with van der Waals surface area (Å²) in [5.41, 5.74) is 1.42. The van der Waals surface area contributed by atoms with Gasteiger partial charge in [0, 0.05) is 24.7 Å². The van der Waals surface area contributed by atoms with Crippen molar-refractivity contribution in [3.8, 4) is 0 Å². The van der Waals surface area contributed by atoms with Crippen LogP contribution in [0, 0.1) is 6.92 Å². The Kier molecular flexibility index (Phi) is 5.54. The Morgan fingerprint density at radius 3 is 2.63 bits per heavy atom. The molecule has 0 aliphatic rings. The number of unbranched alkanes of at least 4 members (excludes halogenated alkanes) is 1. The Bertz CT molecular complexity index is 452. The Morgan fingerprint density at radius 1 is 1.42 bits per heavy atom. The lowest BCUT2D eigenvalue weighted by Crippen LogP contribution is -2.25. The number of carbonyl (C=O) groups is 2. The lowest BCUT2D eigenvalue weighted by Gasteiger charge is -2.09. The smallest absolute Gasteiger partial charge is 0.303 e. The first-order chi connectivity index (χ1) is 8.93. The topological polar surface area (TPSA) is 84.2 Å². The number of hydrogen-bond donors (Lipinski definition) is 2. The van der Waals surface area contributed by atoms with Gasteiger partial charge in [0.25, 0.3) is 5.91 Å². The van der Waals surface area contributed by atoms with E-state index in [9.17, 15) is 9.59 Å². The predicted molar refractivity (Wildman–Crippen MR) is 71.2 cm³/mol. The lowest BCUT2D eigenvalue weighted by atomic mass is 10.2. The minimum atomic E-state index is -0.805. The quantitative estimate of drug-likeness (QED) is 0.737. The summed E-state index contributed by atoms with van der Waals surface area (Å²) in [4.78, 5) is 22.2. The van der Waals surface area contributed by atoms with Gasteiger partial charge in [0.1, 0.15) is 0 Å². The Hall–Kier alpha value is -1.85. The minimum Gasteiger partial charge on any atom is -0.481 e. The summed E-state index contributed by atoms with van der Waals surface area (Å²) in [7, 11) is 0. The first-order valence-corrected chi connectivity index (χ1v) is 6.47. The van der Waals surface area contributed by atoms with Crippen molar-refractivity contribution in [2.75, 3.05) is 6.54 Å².